The Morgan fingerprint density at radius 2 is 1.65 bits per heavy atom. The van der Waals surface area contributed by atoms with Crippen LogP contribution < -0.4 is 4.74 Å². The number of hydrogen-bond donors (Lipinski definition) is 0. The van der Waals surface area contributed by atoms with Crippen molar-refractivity contribution in [1.29, 1.82) is 0 Å². The van der Waals surface area contributed by atoms with E-state index < -0.39 is 0 Å². The molecule has 0 aliphatic carbocycles. The summed E-state index contributed by atoms with van der Waals surface area (Å²) in [7, 11) is 0. The zero-order chi connectivity index (χ0) is 22.0. The van der Waals surface area contributed by atoms with Crippen molar-refractivity contribution in [3.8, 4) is 5.75 Å². The van der Waals surface area contributed by atoms with Crippen LogP contribution in [-0.4, -0.2) is 45.8 Å². The highest BCUT2D eigenvalue weighted by atomic mass is 16.5. The first-order valence-corrected chi connectivity index (χ1v) is 11.0. The molecule has 0 saturated carbocycles. The molecule has 1 fully saturated rings. The number of pyridine rings is 1. The number of rotatable bonds is 6. The molecule has 31 heavy (non-hydrogen) atoms. The molecule has 0 radical (unpaired) electrons. The van der Waals surface area contributed by atoms with Crippen molar-refractivity contribution < 1.29 is 14.3 Å². The third kappa shape index (κ3) is 4.48. The van der Waals surface area contributed by atoms with Crippen molar-refractivity contribution in [2.75, 3.05) is 13.1 Å². The fraction of sp³-hybridized carbons (Fsp3) is 0.400. The monoisotopic (exact) mass is 419 g/mol. The van der Waals surface area contributed by atoms with Gasteiger partial charge in [0.25, 0.3) is 11.8 Å². The van der Waals surface area contributed by atoms with Crippen LogP contribution in [0, 0.1) is 5.92 Å². The van der Waals surface area contributed by atoms with Crippen molar-refractivity contribution in [2.24, 2.45) is 5.92 Å². The van der Waals surface area contributed by atoms with E-state index in [1.54, 1.807) is 12.4 Å². The van der Waals surface area contributed by atoms with Gasteiger partial charge in [-0.15, -0.1) is 0 Å². The normalized spacial score (nSPS) is 17.8. The van der Waals surface area contributed by atoms with Gasteiger partial charge in [-0.25, -0.2) is 0 Å². The first-order valence-electron chi connectivity index (χ1n) is 11.0. The second kappa shape index (κ2) is 8.92. The summed E-state index contributed by atoms with van der Waals surface area (Å²) in [4.78, 5) is 34.4. The van der Waals surface area contributed by atoms with Crippen molar-refractivity contribution in [3.63, 3.8) is 0 Å². The Morgan fingerprint density at radius 1 is 1.00 bits per heavy atom. The van der Waals surface area contributed by atoms with Gasteiger partial charge in [0.2, 0.25) is 0 Å². The molecule has 4 rings (SSSR count). The highest BCUT2D eigenvalue weighted by Crippen LogP contribution is 2.35. The number of carbonyl (C=O) groups is 2. The molecule has 1 aromatic heterocycles. The third-order valence-corrected chi connectivity index (χ3v) is 5.85. The average molecular weight is 420 g/mol. The minimum atomic E-state index is -0.243. The second-order valence-corrected chi connectivity index (χ2v) is 8.64. The number of hydrogen-bond acceptors (Lipinski definition) is 5. The summed E-state index contributed by atoms with van der Waals surface area (Å²) in [6.45, 7) is 8.00. The number of nitrogens with zero attached hydrogens (tertiary/aromatic N) is 3. The molecule has 1 aromatic carbocycles. The van der Waals surface area contributed by atoms with E-state index in [9.17, 15) is 9.59 Å². The lowest BCUT2D eigenvalue weighted by atomic mass is 9.97. The number of amides is 2. The first-order chi connectivity index (χ1) is 14.9. The maximum atomic E-state index is 13.5. The summed E-state index contributed by atoms with van der Waals surface area (Å²) in [6.07, 6.45) is 5.46. The second-order valence-electron chi connectivity index (χ2n) is 8.64. The van der Waals surface area contributed by atoms with Crippen LogP contribution in [0.3, 0.4) is 0 Å². The minimum absolute atomic E-state index is 0.0708. The Kier molecular flexibility index (Phi) is 6.07. The van der Waals surface area contributed by atoms with E-state index in [-0.39, 0.29) is 24.5 Å². The molecule has 0 atom stereocenters. The third-order valence-electron chi connectivity index (χ3n) is 5.85. The molecule has 162 valence electrons. The number of ether oxygens (including phenoxy) is 1. The van der Waals surface area contributed by atoms with Gasteiger partial charge in [-0.2, -0.15) is 0 Å². The van der Waals surface area contributed by atoms with Gasteiger partial charge in [0.1, 0.15) is 11.4 Å². The molecule has 0 spiro atoms. The van der Waals surface area contributed by atoms with Crippen LogP contribution in [0.25, 0.3) is 5.57 Å². The molecule has 6 nitrogen and oxygen atoms in total. The van der Waals surface area contributed by atoms with Crippen LogP contribution in [-0.2, 0) is 16.1 Å². The van der Waals surface area contributed by atoms with Gasteiger partial charge in [-0.1, -0.05) is 19.1 Å². The van der Waals surface area contributed by atoms with E-state index in [4.69, 9.17) is 4.74 Å². The molecule has 6 heteroatoms. The highest BCUT2D eigenvalue weighted by Gasteiger charge is 2.42. The summed E-state index contributed by atoms with van der Waals surface area (Å²) in [5.41, 5.74) is 2.65. The summed E-state index contributed by atoms with van der Waals surface area (Å²) in [5, 5.41) is 0. The van der Waals surface area contributed by atoms with E-state index in [0.717, 1.165) is 42.8 Å². The lowest BCUT2D eigenvalue weighted by molar-refractivity contribution is -0.138. The Morgan fingerprint density at radius 3 is 2.26 bits per heavy atom. The summed E-state index contributed by atoms with van der Waals surface area (Å²) in [6, 6.07) is 11.1. The molecule has 2 amide bonds. The van der Waals surface area contributed by atoms with E-state index in [1.165, 1.54) is 4.90 Å². The molecule has 0 N–H and O–H groups in total. The van der Waals surface area contributed by atoms with Gasteiger partial charge in [-0.05, 0) is 68.0 Å². The zero-order valence-electron chi connectivity index (χ0n) is 18.4. The number of imide groups is 1. The first kappa shape index (κ1) is 21.1. The van der Waals surface area contributed by atoms with Crippen LogP contribution in [0.1, 0.15) is 44.7 Å². The van der Waals surface area contributed by atoms with Crippen molar-refractivity contribution in [2.45, 2.75) is 46.3 Å². The van der Waals surface area contributed by atoms with E-state index >= 15 is 0 Å². The Hall–Kier alpha value is -3.15. The highest BCUT2D eigenvalue weighted by molar-refractivity contribution is 6.35. The lowest BCUT2D eigenvalue weighted by Gasteiger charge is -2.32. The fourth-order valence-corrected chi connectivity index (χ4v) is 4.14. The van der Waals surface area contributed by atoms with E-state index in [2.05, 4.69) is 16.8 Å². The summed E-state index contributed by atoms with van der Waals surface area (Å²) < 4.78 is 5.74. The van der Waals surface area contributed by atoms with Crippen molar-refractivity contribution in [3.05, 3.63) is 65.6 Å². The molecule has 3 heterocycles. The maximum Gasteiger partial charge on any atom is 0.278 e. The van der Waals surface area contributed by atoms with Crippen LogP contribution in [0.5, 0.6) is 5.75 Å². The topological polar surface area (TPSA) is 62.7 Å². The van der Waals surface area contributed by atoms with Crippen LogP contribution in [0.15, 0.2) is 54.5 Å². The van der Waals surface area contributed by atoms with Gasteiger partial charge in [0.15, 0.2) is 0 Å². The largest absolute Gasteiger partial charge is 0.491 e. The average Bonchev–Trinajstić information content (AvgIpc) is 3.00. The number of piperidine rings is 1. The standard InChI is InChI=1S/C25H29N3O3/c1-17(2)31-21-6-4-20(5-7-21)22-23(27-14-10-18(3)11-15-27)25(30)28(24(22)29)16-19-8-12-26-13-9-19/h4-9,12-13,17-18H,10-11,14-16H2,1-3H3. The number of aromatic nitrogens is 1. The van der Waals surface area contributed by atoms with Gasteiger partial charge in [0.05, 0.1) is 18.2 Å². The van der Waals surface area contributed by atoms with E-state index in [0.29, 0.717) is 17.2 Å². The predicted molar refractivity (Wildman–Crippen MR) is 119 cm³/mol. The molecular weight excluding hydrogens is 390 g/mol. The zero-order valence-corrected chi connectivity index (χ0v) is 18.4. The quantitative estimate of drug-likeness (QED) is 0.665. The molecular formula is C25H29N3O3. The van der Waals surface area contributed by atoms with Gasteiger partial charge in [-0.3, -0.25) is 19.5 Å². The Labute approximate surface area is 183 Å². The van der Waals surface area contributed by atoms with E-state index in [1.807, 2.05) is 50.2 Å². The van der Waals surface area contributed by atoms with Crippen molar-refractivity contribution >= 4 is 17.4 Å². The van der Waals surface area contributed by atoms with Crippen LogP contribution in [0.2, 0.25) is 0 Å². The minimum Gasteiger partial charge on any atom is -0.491 e. The predicted octanol–water partition coefficient (Wildman–Crippen LogP) is 3.88. The molecule has 0 bridgehead atoms. The maximum absolute atomic E-state index is 13.5. The summed E-state index contributed by atoms with van der Waals surface area (Å²) in [5.74, 6) is 0.924. The molecule has 2 aliphatic heterocycles. The lowest BCUT2D eigenvalue weighted by Crippen LogP contribution is -2.38. The van der Waals surface area contributed by atoms with Crippen LogP contribution in [0.4, 0.5) is 0 Å². The SMILES string of the molecule is CC1CCN(C2=C(c3ccc(OC(C)C)cc3)C(=O)N(Cc3ccncc3)C2=O)CC1. The smallest absolute Gasteiger partial charge is 0.278 e. The number of likely N-dealkylation sites (tertiary alicyclic amines) is 1. The van der Waals surface area contributed by atoms with Gasteiger partial charge >= 0.3 is 0 Å². The molecule has 2 aliphatic rings. The van der Waals surface area contributed by atoms with Gasteiger partial charge in [0, 0.05) is 25.5 Å². The Balaban J connectivity index is 1.69. The Bertz CT molecular complexity index is 975. The summed E-state index contributed by atoms with van der Waals surface area (Å²) >= 11 is 0. The van der Waals surface area contributed by atoms with Gasteiger partial charge < -0.3 is 9.64 Å². The molecule has 0 unspecified atom stereocenters. The fourth-order valence-electron chi connectivity index (χ4n) is 4.14. The molecule has 2 aromatic rings. The molecule has 1 saturated heterocycles. The number of benzene rings is 1. The van der Waals surface area contributed by atoms with Crippen LogP contribution >= 0.6 is 0 Å². The van der Waals surface area contributed by atoms with Crippen molar-refractivity contribution in [1.82, 2.24) is 14.8 Å². The number of carbonyl (C=O) groups excluding carboxylic acids is 2.